The lowest BCUT2D eigenvalue weighted by molar-refractivity contribution is 0.528. The Bertz CT molecular complexity index is 745. The summed E-state index contributed by atoms with van der Waals surface area (Å²) in [6.45, 7) is 4.18. The molecule has 1 aromatic carbocycles. The molecule has 1 unspecified atom stereocenters. The van der Waals surface area contributed by atoms with E-state index in [1.807, 2.05) is 12.1 Å². The Morgan fingerprint density at radius 3 is 2.67 bits per heavy atom. The third-order valence-corrected chi connectivity index (χ3v) is 4.21. The molecule has 3 rings (SSSR count). The fraction of sp³-hybridized carbons (Fsp3) is 0.429. The third kappa shape index (κ3) is 1.16. The Morgan fingerprint density at radius 2 is 2.11 bits per heavy atom. The molecular weight excluding hydrogens is 228 g/mol. The molecule has 1 heterocycles. The minimum absolute atomic E-state index is 0.00196. The zero-order valence-electron chi connectivity index (χ0n) is 10.7. The molecule has 1 saturated carbocycles. The number of oxazole rings is 1. The van der Waals surface area contributed by atoms with Gasteiger partial charge in [0.1, 0.15) is 0 Å². The van der Waals surface area contributed by atoms with Crippen molar-refractivity contribution in [3.8, 4) is 6.07 Å². The van der Waals surface area contributed by atoms with Crippen molar-refractivity contribution in [3.05, 3.63) is 34.3 Å². The molecule has 1 atom stereocenters. The molecule has 0 bridgehead atoms. The van der Waals surface area contributed by atoms with Gasteiger partial charge in [-0.3, -0.25) is 4.57 Å². The molecule has 0 spiro atoms. The fourth-order valence-electron chi connectivity index (χ4n) is 2.76. The second kappa shape index (κ2) is 3.05. The van der Waals surface area contributed by atoms with E-state index in [0.717, 1.165) is 17.5 Å². The highest BCUT2D eigenvalue weighted by Crippen LogP contribution is 2.63. The quantitative estimate of drug-likeness (QED) is 0.771. The lowest BCUT2D eigenvalue weighted by atomic mass is 9.89. The summed E-state index contributed by atoms with van der Waals surface area (Å²) in [4.78, 5) is 11.4. The molecule has 0 N–H and O–H groups in total. The Morgan fingerprint density at radius 1 is 1.44 bits per heavy atom. The number of nitriles is 1. The van der Waals surface area contributed by atoms with E-state index >= 15 is 0 Å². The van der Waals surface area contributed by atoms with Crippen LogP contribution in [0.1, 0.15) is 25.8 Å². The van der Waals surface area contributed by atoms with Gasteiger partial charge in [0.25, 0.3) is 0 Å². The van der Waals surface area contributed by atoms with Crippen LogP contribution in [0.15, 0.2) is 27.4 Å². The van der Waals surface area contributed by atoms with E-state index in [9.17, 15) is 10.1 Å². The molecule has 0 amide bonds. The molecule has 1 aliphatic carbocycles. The number of hydrogen-bond acceptors (Lipinski definition) is 3. The van der Waals surface area contributed by atoms with E-state index in [-0.39, 0.29) is 11.2 Å². The van der Waals surface area contributed by atoms with Gasteiger partial charge in [-0.1, -0.05) is 19.9 Å². The van der Waals surface area contributed by atoms with Crippen LogP contribution < -0.4 is 5.76 Å². The molecule has 1 aliphatic rings. The van der Waals surface area contributed by atoms with Crippen molar-refractivity contribution in [2.75, 3.05) is 0 Å². The van der Waals surface area contributed by atoms with Crippen molar-refractivity contribution in [2.45, 2.75) is 25.7 Å². The molecule has 18 heavy (non-hydrogen) atoms. The Balaban J connectivity index is 2.24. The highest BCUT2D eigenvalue weighted by molar-refractivity contribution is 5.75. The van der Waals surface area contributed by atoms with Crippen molar-refractivity contribution in [1.82, 2.24) is 4.57 Å². The van der Waals surface area contributed by atoms with Crippen LogP contribution in [0.3, 0.4) is 0 Å². The molecule has 1 fully saturated rings. The van der Waals surface area contributed by atoms with Crippen LogP contribution in [-0.2, 0) is 12.5 Å². The summed E-state index contributed by atoms with van der Waals surface area (Å²) in [6.07, 6.45) is 0.855. The SMILES string of the molecule is Cn1c(=O)oc2ccc(C3(C#N)CC3(C)C)cc21. The molecule has 0 saturated heterocycles. The summed E-state index contributed by atoms with van der Waals surface area (Å²) in [5.41, 5.74) is 1.86. The lowest BCUT2D eigenvalue weighted by Gasteiger charge is -2.12. The minimum Gasteiger partial charge on any atom is -0.408 e. The zero-order valence-corrected chi connectivity index (χ0v) is 10.7. The monoisotopic (exact) mass is 242 g/mol. The molecule has 2 aromatic rings. The highest BCUT2D eigenvalue weighted by Gasteiger charge is 2.63. The van der Waals surface area contributed by atoms with E-state index in [1.165, 1.54) is 4.57 Å². The molecular formula is C14H14N2O2. The van der Waals surface area contributed by atoms with Gasteiger partial charge in [0.15, 0.2) is 5.58 Å². The molecule has 0 radical (unpaired) electrons. The first-order valence-electron chi connectivity index (χ1n) is 5.93. The van der Waals surface area contributed by atoms with E-state index in [4.69, 9.17) is 4.42 Å². The average Bonchev–Trinajstić information content (AvgIpc) is 2.80. The molecule has 4 heteroatoms. The average molecular weight is 242 g/mol. The Kier molecular flexibility index (Phi) is 1.88. The second-order valence-electron chi connectivity index (χ2n) is 5.69. The van der Waals surface area contributed by atoms with E-state index in [0.29, 0.717) is 5.58 Å². The van der Waals surface area contributed by atoms with Crippen molar-refractivity contribution < 1.29 is 4.42 Å². The first-order valence-corrected chi connectivity index (χ1v) is 5.93. The van der Waals surface area contributed by atoms with Crippen LogP contribution in [-0.4, -0.2) is 4.57 Å². The van der Waals surface area contributed by atoms with Crippen molar-refractivity contribution in [1.29, 1.82) is 5.26 Å². The topological polar surface area (TPSA) is 58.9 Å². The van der Waals surface area contributed by atoms with Gasteiger partial charge >= 0.3 is 5.76 Å². The molecule has 92 valence electrons. The summed E-state index contributed by atoms with van der Waals surface area (Å²) in [5, 5.41) is 9.45. The van der Waals surface area contributed by atoms with Crippen molar-refractivity contribution in [2.24, 2.45) is 12.5 Å². The van der Waals surface area contributed by atoms with Gasteiger partial charge in [-0.25, -0.2) is 4.79 Å². The predicted octanol–water partition coefficient (Wildman–Crippen LogP) is 2.32. The van der Waals surface area contributed by atoms with Crippen LogP contribution >= 0.6 is 0 Å². The molecule has 1 aromatic heterocycles. The van der Waals surface area contributed by atoms with Crippen LogP contribution in [0.25, 0.3) is 11.1 Å². The van der Waals surface area contributed by atoms with E-state index < -0.39 is 5.41 Å². The van der Waals surface area contributed by atoms with Crippen LogP contribution in [0, 0.1) is 16.7 Å². The number of rotatable bonds is 1. The zero-order chi connectivity index (χ0) is 13.1. The summed E-state index contributed by atoms with van der Waals surface area (Å²) in [6, 6.07) is 8.00. The smallest absolute Gasteiger partial charge is 0.408 e. The number of aryl methyl sites for hydroxylation is 1. The van der Waals surface area contributed by atoms with Gasteiger partial charge in [0.05, 0.1) is 17.0 Å². The van der Waals surface area contributed by atoms with Gasteiger partial charge in [-0.2, -0.15) is 5.26 Å². The maximum atomic E-state index is 11.4. The number of hydrogen-bond donors (Lipinski definition) is 0. The van der Waals surface area contributed by atoms with Crippen molar-refractivity contribution >= 4 is 11.1 Å². The Labute approximate surface area is 104 Å². The normalized spacial score (nSPS) is 25.0. The number of benzene rings is 1. The van der Waals surface area contributed by atoms with Gasteiger partial charge in [0, 0.05) is 7.05 Å². The summed E-state index contributed by atoms with van der Waals surface area (Å²) < 4.78 is 6.57. The lowest BCUT2D eigenvalue weighted by Crippen LogP contribution is -2.12. The molecule has 4 nitrogen and oxygen atoms in total. The second-order valence-corrected chi connectivity index (χ2v) is 5.69. The largest absolute Gasteiger partial charge is 0.419 e. The fourth-order valence-corrected chi connectivity index (χ4v) is 2.76. The van der Waals surface area contributed by atoms with Crippen molar-refractivity contribution in [3.63, 3.8) is 0 Å². The summed E-state index contributed by atoms with van der Waals surface area (Å²) >= 11 is 0. The maximum Gasteiger partial charge on any atom is 0.419 e. The first kappa shape index (κ1) is 11.1. The Hall–Kier alpha value is -2.02. The molecule has 0 aliphatic heterocycles. The third-order valence-electron chi connectivity index (χ3n) is 4.21. The number of aromatic nitrogens is 1. The van der Waals surface area contributed by atoms with Gasteiger partial charge in [-0.15, -0.1) is 0 Å². The summed E-state index contributed by atoms with van der Waals surface area (Å²) in [7, 11) is 1.68. The minimum atomic E-state index is -0.422. The van der Waals surface area contributed by atoms with Gasteiger partial charge in [-0.05, 0) is 29.5 Å². The first-order chi connectivity index (χ1) is 8.41. The van der Waals surface area contributed by atoms with Gasteiger partial charge in [0.2, 0.25) is 0 Å². The van der Waals surface area contributed by atoms with E-state index in [2.05, 4.69) is 19.9 Å². The van der Waals surface area contributed by atoms with Gasteiger partial charge < -0.3 is 4.42 Å². The number of fused-ring (bicyclic) bond motifs is 1. The van der Waals surface area contributed by atoms with Crippen LogP contribution in [0.2, 0.25) is 0 Å². The maximum absolute atomic E-state index is 11.4. The van der Waals surface area contributed by atoms with Crippen LogP contribution in [0.4, 0.5) is 0 Å². The van der Waals surface area contributed by atoms with E-state index in [1.54, 1.807) is 13.1 Å². The summed E-state index contributed by atoms with van der Waals surface area (Å²) in [5.74, 6) is -0.372. The highest BCUT2D eigenvalue weighted by atomic mass is 16.4. The predicted molar refractivity (Wildman–Crippen MR) is 67.1 cm³/mol. The van der Waals surface area contributed by atoms with Crippen LogP contribution in [0.5, 0.6) is 0 Å². The number of nitrogens with zero attached hydrogens (tertiary/aromatic N) is 2. The standard InChI is InChI=1S/C14H14N2O2/c1-13(2)7-14(13,8-15)9-4-5-11-10(6-9)16(3)12(17)18-11/h4-6H,7H2,1-3H3.